The maximum Gasteiger partial charge on any atom is 0.255 e. The molecule has 1 aliphatic rings. The zero-order valence-electron chi connectivity index (χ0n) is 14.7. The van der Waals surface area contributed by atoms with Crippen molar-refractivity contribution < 1.29 is 54.0 Å². The minimum atomic E-state index is -0.559. The topological polar surface area (TPSA) is 91.8 Å². The van der Waals surface area contributed by atoms with Crippen molar-refractivity contribution in [1.29, 1.82) is 0 Å². The Morgan fingerprint density at radius 3 is 2.65 bits per heavy atom. The van der Waals surface area contributed by atoms with Crippen molar-refractivity contribution in [2.24, 2.45) is 5.73 Å². The van der Waals surface area contributed by atoms with Gasteiger partial charge >= 0.3 is 0 Å². The fourth-order valence-corrected chi connectivity index (χ4v) is 2.95. The fraction of sp³-hybridized carbons (Fsp3) is 0.562. The summed E-state index contributed by atoms with van der Waals surface area (Å²) in [7, 11) is 1.54. The highest BCUT2D eigenvalue weighted by molar-refractivity contribution is 6.32. The molecule has 1 saturated heterocycles. The Hall–Kier alpha value is -0.960. The van der Waals surface area contributed by atoms with E-state index >= 15 is 0 Å². The predicted molar refractivity (Wildman–Crippen MR) is 89.6 cm³/mol. The van der Waals surface area contributed by atoms with Crippen molar-refractivity contribution in [3.63, 3.8) is 0 Å². The van der Waals surface area contributed by atoms with Gasteiger partial charge in [0.15, 0.2) is 18.1 Å². The highest BCUT2D eigenvalue weighted by Gasteiger charge is 2.15. The number of nitrogens with one attached hydrogen (secondary N) is 1. The first-order valence-corrected chi connectivity index (χ1v) is 8.48. The van der Waals surface area contributed by atoms with Crippen LogP contribution >= 0.6 is 11.6 Å². The molecule has 0 bridgehead atoms. The van der Waals surface area contributed by atoms with Crippen LogP contribution < -0.4 is 50.2 Å². The summed E-state index contributed by atoms with van der Waals surface area (Å²) in [4.78, 5) is 12.4. The van der Waals surface area contributed by atoms with Crippen molar-refractivity contribution in [1.82, 2.24) is 0 Å². The van der Waals surface area contributed by atoms with Gasteiger partial charge in [-0.1, -0.05) is 11.6 Å². The van der Waals surface area contributed by atoms with E-state index in [-0.39, 0.29) is 31.4 Å². The molecule has 2 rings (SSSR count). The predicted octanol–water partition coefficient (Wildman–Crippen LogP) is -7.80. The largest absolute Gasteiger partial charge is 1.00 e. The SMILES string of the molecule is COc1cc(C[NH2+]CC[NH+]2CCOCC2)cc(Cl)c1OCC(N)=O.[Cl-].[Cl-]. The van der Waals surface area contributed by atoms with Gasteiger partial charge < -0.3 is 55.0 Å². The average molecular weight is 431 g/mol. The molecule has 10 heteroatoms. The molecule has 150 valence electrons. The minimum absolute atomic E-state index is 0. The number of ether oxygens (including phenoxy) is 3. The zero-order valence-corrected chi connectivity index (χ0v) is 17.0. The van der Waals surface area contributed by atoms with Crippen LogP contribution in [0.4, 0.5) is 0 Å². The molecule has 0 unspecified atom stereocenters. The van der Waals surface area contributed by atoms with Crippen LogP contribution in [0.2, 0.25) is 5.02 Å². The highest BCUT2D eigenvalue weighted by Crippen LogP contribution is 2.36. The number of quaternary nitrogens is 2. The molecule has 1 aromatic carbocycles. The molecule has 0 spiro atoms. The number of nitrogens with two attached hydrogens (primary N) is 2. The molecule has 0 radical (unpaired) electrons. The van der Waals surface area contributed by atoms with Crippen LogP contribution in [0.3, 0.4) is 0 Å². The normalized spacial score (nSPS) is 14.1. The fourth-order valence-electron chi connectivity index (χ4n) is 2.66. The molecular formula is C16H26Cl3N3O4. The molecule has 0 atom stereocenters. The van der Waals surface area contributed by atoms with Crippen molar-refractivity contribution in [2.75, 3.05) is 53.1 Å². The Kier molecular flexibility index (Phi) is 12.8. The Morgan fingerprint density at radius 2 is 2.04 bits per heavy atom. The van der Waals surface area contributed by atoms with E-state index in [0.29, 0.717) is 16.5 Å². The lowest BCUT2D eigenvalue weighted by atomic mass is 10.2. The van der Waals surface area contributed by atoms with E-state index in [0.717, 1.165) is 51.5 Å². The van der Waals surface area contributed by atoms with E-state index in [1.807, 2.05) is 12.1 Å². The van der Waals surface area contributed by atoms with E-state index in [2.05, 4.69) is 5.32 Å². The number of hydrogen-bond acceptors (Lipinski definition) is 4. The van der Waals surface area contributed by atoms with E-state index < -0.39 is 5.91 Å². The summed E-state index contributed by atoms with van der Waals surface area (Å²) in [6.45, 7) is 6.60. The smallest absolute Gasteiger partial charge is 0.255 e. The summed E-state index contributed by atoms with van der Waals surface area (Å²) in [6, 6.07) is 3.71. The number of primary amides is 1. The second-order valence-electron chi connectivity index (χ2n) is 5.76. The Balaban J connectivity index is 0.00000312. The van der Waals surface area contributed by atoms with Crippen LogP contribution in [0.1, 0.15) is 5.56 Å². The standard InChI is InChI=1S/C16H24ClN3O4.2ClH/c1-22-14-9-12(8-13(17)16(14)24-11-15(18)21)10-19-2-3-20-4-6-23-7-5-20;;/h8-9,19H,2-7,10-11H2,1H3,(H2,18,21);2*1H. The summed E-state index contributed by atoms with van der Waals surface area (Å²) < 4.78 is 16.0. The van der Waals surface area contributed by atoms with Gasteiger partial charge in [-0.3, -0.25) is 4.79 Å². The monoisotopic (exact) mass is 429 g/mol. The third kappa shape index (κ3) is 8.16. The molecule has 1 amide bonds. The van der Waals surface area contributed by atoms with Gasteiger partial charge in [0.1, 0.15) is 32.7 Å². The average Bonchev–Trinajstić information content (AvgIpc) is 2.58. The first-order chi connectivity index (χ1) is 11.6. The number of amides is 1. The van der Waals surface area contributed by atoms with E-state index in [4.69, 9.17) is 31.5 Å². The quantitative estimate of drug-likeness (QED) is 0.339. The van der Waals surface area contributed by atoms with Crippen LogP contribution in [0, 0.1) is 0 Å². The number of rotatable bonds is 9. The second-order valence-corrected chi connectivity index (χ2v) is 6.17. The first kappa shape index (κ1) is 25.0. The third-order valence-corrected chi connectivity index (χ3v) is 4.21. The minimum Gasteiger partial charge on any atom is -1.00 e. The first-order valence-electron chi connectivity index (χ1n) is 8.10. The van der Waals surface area contributed by atoms with Crippen LogP contribution in [-0.4, -0.2) is 59.0 Å². The van der Waals surface area contributed by atoms with Gasteiger partial charge in [-0.05, 0) is 12.1 Å². The van der Waals surface area contributed by atoms with Crippen LogP contribution in [0.15, 0.2) is 12.1 Å². The molecule has 1 heterocycles. The molecule has 1 aliphatic heterocycles. The number of halogens is 3. The van der Waals surface area contributed by atoms with Crippen molar-refractivity contribution in [2.45, 2.75) is 6.54 Å². The summed E-state index contributed by atoms with van der Waals surface area (Å²) in [5.41, 5.74) is 6.13. The summed E-state index contributed by atoms with van der Waals surface area (Å²) in [5.74, 6) is 0.293. The highest BCUT2D eigenvalue weighted by atomic mass is 35.5. The van der Waals surface area contributed by atoms with Gasteiger partial charge in [0.2, 0.25) is 0 Å². The molecule has 5 N–H and O–H groups in total. The summed E-state index contributed by atoms with van der Waals surface area (Å²) in [5, 5.41) is 2.66. The molecule has 0 aromatic heterocycles. The lowest BCUT2D eigenvalue weighted by Crippen LogP contribution is -3.16. The van der Waals surface area contributed by atoms with Gasteiger partial charge in [-0.25, -0.2) is 0 Å². The van der Waals surface area contributed by atoms with Gasteiger partial charge in [0.25, 0.3) is 5.91 Å². The molecule has 0 saturated carbocycles. The van der Waals surface area contributed by atoms with E-state index in [1.165, 1.54) is 7.11 Å². The van der Waals surface area contributed by atoms with E-state index in [1.54, 1.807) is 4.90 Å². The number of carbonyl (C=O) groups excluding carboxylic acids is 1. The van der Waals surface area contributed by atoms with Gasteiger partial charge in [0, 0.05) is 5.56 Å². The number of methoxy groups -OCH3 is 1. The maximum atomic E-state index is 10.9. The number of benzene rings is 1. The van der Waals surface area contributed by atoms with Crippen LogP contribution in [0.25, 0.3) is 0 Å². The number of carbonyl (C=O) groups is 1. The molecule has 1 aromatic rings. The lowest BCUT2D eigenvalue weighted by Gasteiger charge is -2.22. The number of morpholine rings is 1. The van der Waals surface area contributed by atoms with Gasteiger partial charge in [-0.2, -0.15) is 0 Å². The van der Waals surface area contributed by atoms with Crippen LogP contribution in [0.5, 0.6) is 11.5 Å². The number of hydrogen-bond donors (Lipinski definition) is 3. The summed E-state index contributed by atoms with van der Waals surface area (Å²) in [6.07, 6.45) is 0. The maximum absolute atomic E-state index is 10.9. The molecule has 26 heavy (non-hydrogen) atoms. The zero-order chi connectivity index (χ0) is 17.4. The van der Waals surface area contributed by atoms with Gasteiger partial charge in [0.05, 0.1) is 25.3 Å². The summed E-state index contributed by atoms with van der Waals surface area (Å²) >= 11 is 6.24. The van der Waals surface area contributed by atoms with Crippen molar-refractivity contribution >= 4 is 17.5 Å². The van der Waals surface area contributed by atoms with E-state index in [9.17, 15) is 4.79 Å². The van der Waals surface area contributed by atoms with Crippen LogP contribution in [-0.2, 0) is 16.1 Å². The molecule has 1 fully saturated rings. The second kappa shape index (κ2) is 13.2. The molecular weight excluding hydrogens is 405 g/mol. The van der Waals surface area contributed by atoms with Crippen molar-refractivity contribution in [3.8, 4) is 11.5 Å². The molecule has 0 aliphatic carbocycles. The van der Waals surface area contributed by atoms with Crippen molar-refractivity contribution in [3.05, 3.63) is 22.7 Å². The Bertz CT molecular complexity index is 558. The van der Waals surface area contributed by atoms with Gasteiger partial charge in [-0.15, -0.1) is 0 Å². The Morgan fingerprint density at radius 1 is 1.35 bits per heavy atom. The Labute approximate surface area is 171 Å². The molecule has 7 nitrogen and oxygen atoms in total. The third-order valence-electron chi connectivity index (χ3n) is 3.93. The lowest BCUT2D eigenvalue weighted by molar-refractivity contribution is -0.920.